The molecular weight excluding hydrogens is 398 g/mol. The lowest BCUT2D eigenvalue weighted by Gasteiger charge is -2.31. The maximum atomic E-state index is 14.0. The molecule has 1 fully saturated rings. The smallest absolute Gasteiger partial charge is 0.273 e. The van der Waals surface area contributed by atoms with E-state index in [0.717, 1.165) is 12.1 Å². The Bertz CT molecular complexity index is 835. The van der Waals surface area contributed by atoms with Crippen molar-refractivity contribution >= 4 is 22.6 Å². The minimum atomic E-state index is -4.82. The van der Waals surface area contributed by atoms with E-state index in [1.165, 1.54) is 12.3 Å². The fraction of sp³-hybridized carbons (Fsp3) is 0.267. The van der Waals surface area contributed by atoms with Crippen molar-refractivity contribution in [1.82, 2.24) is 14.4 Å². The van der Waals surface area contributed by atoms with Gasteiger partial charge in [0.25, 0.3) is 0 Å². The third-order valence-corrected chi connectivity index (χ3v) is 5.67. The molecule has 0 saturated carbocycles. The first-order chi connectivity index (χ1) is 11.9. The summed E-state index contributed by atoms with van der Waals surface area (Å²) in [6, 6.07) is 4.57. The maximum Gasteiger partial charge on any atom is 0.419 e. The average molecular weight is 412 g/mol. The van der Waals surface area contributed by atoms with Crippen molar-refractivity contribution < 1.29 is 26.7 Å². The molecule has 2 heterocycles. The number of nitrogens with zero attached hydrogens (tertiary/aromatic N) is 1. The van der Waals surface area contributed by atoms with Crippen LogP contribution in [-0.2, 0) is 11.7 Å². The SMILES string of the molecule is CC1(c2ccc(Cl)nc2)NS(O)(O)NC1c1ccc(C(F)(F)F)c(F)c1. The van der Waals surface area contributed by atoms with Crippen LogP contribution >= 0.6 is 22.6 Å². The number of hydrogen-bond donors (Lipinski definition) is 4. The summed E-state index contributed by atoms with van der Waals surface area (Å²) in [5.41, 5.74) is -1.99. The Morgan fingerprint density at radius 3 is 2.46 bits per heavy atom. The van der Waals surface area contributed by atoms with Gasteiger partial charge in [-0.1, -0.05) is 34.7 Å². The normalized spacial score (nSPS) is 26.7. The zero-order valence-corrected chi connectivity index (χ0v) is 14.8. The van der Waals surface area contributed by atoms with Crippen LogP contribution in [0.4, 0.5) is 17.6 Å². The van der Waals surface area contributed by atoms with Gasteiger partial charge in [0.05, 0.1) is 17.1 Å². The number of aromatic nitrogens is 1. The van der Waals surface area contributed by atoms with E-state index in [1.54, 1.807) is 13.0 Å². The first-order valence-corrected chi connectivity index (χ1v) is 9.18. The van der Waals surface area contributed by atoms with Crippen LogP contribution in [0.1, 0.15) is 29.7 Å². The molecule has 0 radical (unpaired) electrons. The van der Waals surface area contributed by atoms with Crippen molar-refractivity contribution in [2.75, 3.05) is 0 Å². The fourth-order valence-corrected chi connectivity index (χ4v) is 4.62. The molecule has 4 N–H and O–H groups in total. The minimum absolute atomic E-state index is 0.109. The van der Waals surface area contributed by atoms with Crippen molar-refractivity contribution in [3.05, 3.63) is 64.2 Å². The molecule has 0 spiro atoms. The standard InChI is InChI=1S/C15H14ClF4N3O2S/c1-14(9-3-5-12(16)21-7-9)13(22-26(24,25)23-14)8-2-4-10(11(17)6-8)15(18,19)20/h2-7,13,22-25H,1H3. The molecule has 1 saturated heterocycles. The van der Waals surface area contributed by atoms with E-state index in [0.29, 0.717) is 11.6 Å². The molecule has 26 heavy (non-hydrogen) atoms. The molecule has 0 bridgehead atoms. The average Bonchev–Trinajstić information content (AvgIpc) is 2.77. The van der Waals surface area contributed by atoms with E-state index in [2.05, 4.69) is 14.4 Å². The predicted molar refractivity (Wildman–Crippen MR) is 89.9 cm³/mol. The van der Waals surface area contributed by atoms with Crippen LogP contribution in [0.5, 0.6) is 0 Å². The molecule has 1 aromatic heterocycles. The van der Waals surface area contributed by atoms with E-state index in [-0.39, 0.29) is 10.7 Å². The third-order valence-electron chi connectivity index (χ3n) is 4.17. The van der Waals surface area contributed by atoms with Gasteiger partial charge in [-0.15, -0.1) is 0 Å². The maximum absolute atomic E-state index is 14.0. The number of rotatable bonds is 2. The van der Waals surface area contributed by atoms with Crippen LogP contribution in [0.3, 0.4) is 0 Å². The molecule has 2 atom stereocenters. The van der Waals surface area contributed by atoms with Crippen LogP contribution in [0.2, 0.25) is 5.15 Å². The fourth-order valence-electron chi connectivity index (χ4n) is 2.92. The highest BCUT2D eigenvalue weighted by Crippen LogP contribution is 2.52. The Labute approximate surface area is 153 Å². The molecule has 1 aliphatic heterocycles. The molecular formula is C15H14ClF4N3O2S. The van der Waals surface area contributed by atoms with Gasteiger partial charge in [0, 0.05) is 6.20 Å². The van der Waals surface area contributed by atoms with Crippen molar-refractivity contribution in [2.24, 2.45) is 0 Å². The summed E-state index contributed by atoms with van der Waals surface area (Å²) in [4.78, 5) is 3.93. The second kappa shape index (κ2) is 6.32. The van der Waals surface area contributed by atoms with E-state index in [9.17, 15) is 26.7 Å². The lowest BCUT2D eigenvalue weighted by Crippen LogP contribution is -2.38. The number of hydrogen-bond acceptors (Lipinski definition) is 5. The molecule has 2 unspecified atom stereocenters. The van der Waals surface area contributed by atoms with Crippen LogP contribution < -0.4 is 9.44 Å². The summed E-state index contributed by atoms with van der Waals surface area (Å²) >= 11 is 5.76. The lowest BCUT2D eigenvalue weighted by atomic mass is 9.83. The van der Waals surface area contributed by atoms with E-state index in [1.807, 2.05) is 0 Å². The highest BCUT2D eigenvalue weighted by Gasteiger charge is 2.49. The largest absolute Gasteiger partial charge is 0.419 e. The summed E-state index contributed by atoms with van der Waals surface area (Å²) in [5.74, 6) is -1.45. The number of pyridine rings is 1. The molecule has 1 aromatic carbocycles. The molecule has 2 aromatic rings. The zero-order chi connectivity index (χ0) is 19.3. The zero-order valence-electron chi connectivity index (χ0n) is 13.2. The van der Waals surface area contributed by atoms with Gasteiger partial charge in [0.1, 0.15) is 11.0 Å². The van der Waals surface area contributed by atoms with Gasteiger partial charge >= 0.3 is 6.18 Å². The van der Waals surface area contributed by atoms with Crippen molar-refractivity contribution in [3.63, 3.8) is 0 Å². The summed E-state index contributed by atoms with van der Waals surface area (Å²) < 4.78 is 77.5. The number of nitrogens with one attached hydrogen (secondary N) is 2. The highest BCUT2D eigenvalue weighted by atomic mass is 35.5. The first kappa shape index (κ1) is 19.3. The van der Waals surface area contributed by atoms with Crippen LogP contribution in [0.15, 0.2) is 36.5 Å². The minimum Gasteiger partial charge on any atom is -0.273 e. The summed E-state index contributed by atoms with van der Waals surface area (Å²) in [5, 5.41) is 0.215. The van der Waals surface area contributed by atoms with E-state index < -0.39 is 40.1 Å². The monoisotopic (exact) mass is 411 g/mol. The first-order valence-electron chi connectivity index (χ1n) is 7.25. The Morgan fingerprint density at radius 2 is 1.92 bits per heavy atom. The van der Waals surface area contributed by atoms with Crippen LogP contribution in [-0.4, -0.2) is 14.1 Å². The predicted octanol–water partition coefficient (Wildman–Crippen LogP) is 4.62. The molecule has 5 nitrogen and oxygen atoms in total. The second-order valence-corrected chi connectivity index (χ2v) is 7.94. The number of halogens is 5. The van der Waals surface area contributed by atoms with Crippen molar-refractivity contribution in [1.29, 1.82) is 0 Å². The van der Waals surface area contributed by atoms with Gasteiger partial charge in [0.15, 0.2) is 0 Å². The van der Waals surface area contributed by atoms with Gasteiger partial charge in [-0.25, -0.2) is 9.37 Å². The Morgan fingerprint density at radius 1 is 1.23 bits per heavy atom. The van der Waals surface area contributed by atoms with Gasteiger partial charge in [-0.05, 0) is 36.2 Å². The molecule has 142 valence electrons. The number of alkyl halides is 3. The van der Waals surface area contributed by atoms with Crippen LogP contribution in [0, 0.1) is 5.82 Å². The summed E-state index contributed by atoms with van der Waals surface area (Å²) in [7, 11) is -3.47. The van der Waals surface area contributed by atoms with E-state index in [4.69, 9.17) is 11.6 Å². The van der Waals surface area contributed by atoms with Crippen molar-refractivity contribution in [2.45, 2.75) is 24.7 Å². The molecule has 3 rings (SSSR count). The third kappa shape index (κ3) is 3.53. The van der Waals surface area contributed by atoms with Gasteiger partial charge < -0.3 is 0 Å². The Hall–Kier alpha value is -1.43. The Balaban J connectivity index is 2.07. The van der Waals surface area contributed by atoms with Crippen molar-refractivity contribution in [3.8, 4) is 0 Å². The topological polar surface area (TPSA) is 77.4 Å². The lowest BCUT2D eigenvalue weighted by molar-refractivity contribution is -0.140. The molecule has 0 aliphatic carbocycles. The molecule has 1 aliphatic rings. The molecule has 11 heteroatoms. The molecule has 0 amide bonds. The van der Waals surface area contributed by atoms with Gasteiger partial charge in [-0.3, -0.25) is 9.11 Å². The van der Waals surface area contributed by atoms with Crippen LogP contribution in [0.25, 0.3) is 0 Å². The van der Waals surface area contributed by atoms with E-state index >= 15 is 0 Å². The van der Waals surface area contributed by atoms with Gasteiger partial charge in [0.2, 0.25) is 0 Å². The summed E-state index contributed by atoms with van der Waals surface area (Å²) in [6.45, 7) is 1.59. The summed E-state index contributed by atoms with van der Waals surface area (Å²) in [6.07, 6.45) is -3.43. The quantitative estimate of drug-likeness (QED) is 0.428. The highest BCUT2D eigenvalue weighted by molar-refractivity contribution is 8.21. The number of benzene rings is 1. The second-order valence-electron chi connectivity index (χ2n) is 6.01. The van der Waals surface area contributed by atoms with Gasteiger partial charge in [-0.2, -0.15) is 22.6 Å². The Kier molecular flexibility index (Phi) is 4.70.